The Balaban J connectivity index is 2.24. The van der Waals surface area contributed by atoms with Crippen LogP contribution in [0.4, 0.5) is 0 Å². The first-order valence-corrected chi connectivity index (χ1v) is 7.32. The fraction of sp³-hybridized carbons (Fsp3) is 0.500. The molecule has 1 aromatic rings. The molecule has 5 heteroatoms. The molecule has 1 aromatic heterocycles. The number of sulfone groups is 1. The van der Waals surface area contributed by atoms with E-state index in [2.05, 4.69) is 16.5 Å². The molecule has 1 saturated carbocycles. The van der Waals surface area contributed by atoms with E-state index < -0.39 is 9.84 Å². The zero-order valence-electron chi connectivity index (χ0n) is 9.62. The van der Waals surface area contributed by atoms with Crippen molar-refractivity contribution in [3.05, 3.63) is 31.1 Å². The van der Waals surface area contributed by atoms with Crippen LogP contribution in [-0.4, -0.2) is 23.6 Å². The lowest BCUT2D eigenvalue weighted by atomic mass is 9.89. The van der Waals surface area contributed by atoms with E-state index >= 15 is 0 Å². The van der Waals surface area contributed by atoms with Gasteiger partial charge in [0.25, 0.3) is 0 Å². The SMILES string of the molecule is C=C[C@H]1CCC[C@H](S(=O)(=O)c2ncccn2)C1. The van der Waals surface area contributed by atoms with Gasteiger partial charge >= 0.3 is 0 Å². The Kier molecular flexibility index (Phi) is 3.57. The van der Waals surface area contributed by atoms with Crippen LogP contribution < -0.4 is 0 Å². The molecule has 1 fully saturated rings. The van der Waals surface area contributed by atoms with Gasteiger partial charge in [0, 0.05) is 12.4 Å². The summed E-state index contributed by atoms with van der Waals surface area (Å²) in [4.78, 5) is 7.70. The van der Waals surface area contributed by atoms with Gasteiger partial charge in [-0.2, -0.15) is 0 Å². The van der Waals surface area contributed by atoms with Crippen molar-refractivity contribution in [1.82, 2.24) is 9.97 Å². The van der Waals surface area contributed by atoms with Crippen molar-refractivity contribution in [2.45, 2.75) is 36.1 Å². The van der Waals surface area contributed by atoms with Crippen LogP contribution in [-0.2, 0) is 9.84 Å². The van der Waals surface area contributed by atoms with Crippen molar-refractivity contribution in [2.24, 2.45) is 5.92 Å². The van der Waals surface area contributed by atoms with Crippen LogP contribution in [0, 0.1) is 5.92 Å². The second-order valence-electron chi connectivity index (χ2n) is 4.36. The third-order valence-electron chi connectivity index (χ3n) is 3.24. The molecule has 0 aromatic carbocycles. The van der Waals surface area contributed by atoms with E-state index in [0.29, 0.717) is 18.8 Å². The minimum absolute atomic E-state index is 0.0466. The Morgan fingerprint density at radius 2 is 2.00 bits per heavy atom. The molecule has 0 bridgehead atoms. The summed E-state index contributed by atoms with van der Waals surface area (Å²) >= 11 is 0. The lowest BCUT2D eigenvalue weighted by Gasteiger charge is -2.26. The molecular formula is C12H16N2O2S. The number of rotatable bonds is 3. The molecule has 0 unspecified atom stereocenters. The zero-order chi connectivity index (χ0) is 12.3. The normalized spacial score (nSPS) is 25.4. The lowest BCUT2D eigenvalue weighted by Crippen LogP contribution is -2.28. The topological polar surface area (TPSA) is 59.9 Å². The molecule has 92 valence electrons. The second-order valence-corrected chi connectivity index (χ2v) is 6.48. The molecule has 1 aliphatic rings. The summed E-state index contributed by atoms with van der Waals surface area (Å²) < 4.78 is 24.6. The van der Waals surface area contributed by atoms with Gasteiger partial charge in [0.1, 0.15) is 0 Å². The highest BCUT2D eigenvalue weighted by molar-refractivity contribution is 7.91. The Morgan fingerprint density at radius 1 is 1.29 bits per heavy atom. The quantitative estimate of drug-likeness (QED) is 0.610. The molecule has 0 saturated heterocycles. The standard InChI is InChI=1S/C12H16N2O2S/c1-2-10-5-3-6-11(9-10)17(15,16)12-13-7-4-8-14-12/h2,4,7-8,10-11H,1,3,5-6,9H2/t10-,11-/m0/s1. The molecular weight excluding hydrogens is 236 g/mol. The van der Waals surface area contributed by atoms with Gasteiger partial charge in [-0.25, -0.2) is 18.4 Å². The minimum atomic E-state index is -3.38. The smallest absolute Gasteiger partial charge is 0.227 e. The van der Waals surface area contributed by atoms with Crippen molar-refractivity contribution in [3.63, 3.8) is 0 Å². The molecule has 0 radical (unpaired) electrons. The molecule has 2 atom stereocenters. The van der Waals surface area contributed by atoms with E-state index in [1.54, 1.807) is 6.07 Å². The van der Waals surface area contributed by atoms with E-state index in [-0.39, 0.29) is 10.4 Å². The van der Waals surface area contributed by atoms with Crippen molar-refractivity contribution in [2.75, 3.05) is 0 Å². The van der Waals surface area contributed by atoms with Crippen LogP contribution in [0.3, 0.4) is 0 Å². The Bertz CT molecular complexity index is 484. The van der Waals surface area contributed by atoms with E-state index in [9.17, 15) is 8.42 Å². The highest BCUT2D eigenvalue weighted by Gasteiger charge is 2.33. The molecule has 0 amide bonds. The van der Waals surface area contributed by atoms with Crippen LogP contribution in [0.2, 0.25) is 0 Å². The zero-order valence-corrected chi connectivity index (χ0v) is 10.4. The van der Waals surface area contributed by atoms with Gasteiger partial charge < -0.3 is 0 Å². The first-order chi connectivity index (χ1) is 8.14. The monoisotopic (exact) mass is 252 g/mol. The maximum atomic E-state index is 12.3. The fourth-order valence-corrected chi connectivity index (χ4v) is 3.95. The second kappa shape index (κ2) is 4.96. The summed E-state index contributed by atoms with van der Waals surface area (Å²) in [7, 11) is -3.38. The predicted molar refractivity (Wildman–Crippen MR) is 65.2 cm³/mol. The molecule has 0 spiro atoms. The van der Waals surface area contributed by atoms with Crippen LogP contribution in [0.25, 0.3) is 0 Å². The van der Waals surface area contributed by atoms with E-state index in [1.165, 1.54) is 12.4 Å². The Hall–Kier alpha value is -1.23. The summed E-state index contributed by atoms with van der Waals surface area (Å²) in [5.74, 6) is 0.298. The number of nitrogens with zero attached hydrogens (tertiary/aromatic N) is 2. The van der Waals surface area contributed by atoms with Crippen molar-refractivity contribution in [3.8, 4) is 0 Å². The Morgan fingerprint density at radius 3 is 2.65 bits per heavy atom. The molecule has 4 nitrogen and oxygen atoms in total. The van der Waals surface area contributed by atoms with E-state index in [4.69, 9.17) is 0 Å². The summed E-state index contributed by atoms with van der Waals surface area (Å²) in [6.45, 7) is 3.75. The minimum Gasteiger partial charge on any atom is -0.227 e. The molecule has 0 N–H and O–H groups in total. The van der Waals surface area contributed by atoms with Gasteiger partial charge in [-0.05, 0) is 31.2 Å². The largest absolute Gasteiger partial charge is 0.247 e. The first kappa shape index (κ1) is 12.2. The van der Waals surface area contributed by atoms with Crippen molar-refractivity contribution >= 4 is 9.84 Å². The van der Waals surface area contributed by atoms with Crippen LogP contribution in [0.15, 0.2) is 36.3 Å². The Labute approximate surface area is 102 Å². The van der Waals surface area contributed by atoms with E-state index in [1.807, 2.05) is 6.08 Å². The van der Waals surface area contributed by atoms with Crippen LogP contribution >= 0.6 is 0 Å². The van der Waals surface area contributed by atoms with Gasteiger partial charge in [-0.15, -0.1) is 6.58 Å². The van der Waals surface area contributed by atoms with Crippen molar-refractivity contribution < 1.29 is 8.42 Å². The number of allylic oxidation sites excluding steroid dienone is 1. The molecule has 2 rings (SSSR count). The molecule has 0 aliphatic heterocycles. The summed E-state index contributed by atoms with van der Waals surface area (Å²) in [5, 5.41) is -0.406. The fourth-order valence-electron chi connectivity index (χ4n) is 2.26. The third kappa shape index (κ3) is 2.54. The van der Waals surface area contributed by atoms with Gasteiger partial charge in [0.05, 0.1) is 5.25 Å². The van der Waals surface area contributed by atoms with Crippen molar-refractivity contribution in [1.29, 1.82) is 0 Å². The van der Waals surface area contributed by atoms with E-state index in [0.717, 1.165) is 12.8 Å². The summed E-state index contributed by atoms with van der Waals surface area (Å²) in [5.41, 5.74) is 0. The highest BCUT2D eigenvalue weighted by Crippen LogP contribution is 2.31. The van der Waals surface area contributed by atoms with Crippen LogP contribution in [0.5, 0.6) is 0 Å². The van der Waals surface area contributed by atoms with Crippen LogP contribution in [0.1, 0.15) is 25.7 Å². The van der Waals surface area contributed by atoms with Gasteiger partial charge in [0.2, 0.25) is 15.0 Å². The molecule has 17 heavy (non-hydrogen) atoms. The maximum Gasteiger partial charge on any atom is 0.247 e. The number of hydrogen-bond acceptors (Lipinski definition) is 4. The maximum absolute atomic E-state index is 12.3. The lowest BCUT2D eigenvalue weighted by molar-refractivity contribution is 0.412. The van der Waals surface area contributed by atoms with Gasteiger partial charge in [-0.3, -0.25) is 0 Å². The third-order valence-corrected chi connectivity index (χ3v) is 5.26. The molecule has 1 aliphatic carbocycles. The average molecular weight is 252 g/mol. The molecule has 1 heterocycles. The highest BCUT2D eigenvalue weighted by atomic mass is 32.2. The van der Waals surface area contributed by atoms with Gasteiger partial charge in [0.15, 0.2) is 0 Å². The summed E-state index contributed by atoms with van der Waals surface area (Å²) in [6.07, 6.45) is 8.09. The first-order valence-electron chi connectivity index (χ1n) is 5.78. The average Bonchev–Trinajstić information content (AvgIpc) is 2.40. The predicted octanol–water partition coefficient (Wildman–Crippen LogP) is 2.00. The summed E-state index contributed by atoms with van der Waals surface area (Å²) in [6, 6.07) is 1.62. The number of aromatic nitrogens is 2. The number of hydrogen-bond donors (Lipinski definition) is 0. The van der Waals surface area contributed by atoms with Gasteiger partial charge in [-0.1, -0.05) is 12.5 Å².